The Balaban J connectivity index is 1.46. The Labute approximate surface area is 190 Å². The van der Waals surface area contributed by atoms with Gasteiger partial charge < -0.3 is 15.0 Å². The number of hydrogen-bond acceptors (Lipinski definition) is 5. The molecule has 164 valence electrons. The monoisotopic (exact) mass is 438 g/mol. The summed E-state index contributed by atoms with van der Waals surface area (Å²) < 4.78 is 3.61. The van der Waals surface area contributed by atoms with Crippen molar-refractivity contribution in [3.05, 3.63) is 91.1 Å². The molecule has 0 aliphatic carbocycles. The number of rotatable bonds is 7. The highest BCUT2D eigenvalue weighted by atomic mass is 16.3. The largest absolute Gasteiger partial charge is 0.508 e. The van der Waals surface area contributed by atoms with Gasteiger partial charge in [0, 0.05) is 42.7 Å². The minimum absolute atomic E-state index is 0.154. The van der Waals surface area contributed by atoms with Gasteiger partial charge in [-0.25, -0.2) is 14.5 Å². The molecule has 8 nitrogen and oxygen atoms in total. The predicted molar refractivity (Wildman–Crippen MR) is 125 cm³/mol. The summed E-state index contributed by atoms with van der Waals surface area (Å²) >= 11 is 0. The van der Waals surface area contributed by atoms with Crippen LogP contribution in [0.15, 0.2) is 85.5 Å². The number of fused-ring (bicyclic) bond motifs is 1. The fourth-order valence-corrected chi connectivity index (χ4v) is 3.69. The number of carbonyl (C=O) groups is 1. The van der Waals surface area contributed by atoms with Crippen molar-refractivity contribution in [3.63, 3.8) is 0 Å². The van der Waals surface area contributed by atoms with Gasteiger partial charge in [0.25, 0.3) is 5.91 Å². The normalized spacial score (nSPS) is 11.0. The zero-order chi connectivity index (χ0) is 22.6. The molecule has 0 bridgehead atoms. The van der Waals surface area contributed by atoms with Crippen LogP contribution in [0.2, 0.25) is 0 Å². The zero-order valence-corrected chi connectivity index (χ0v) is 17.8. The SMILES string of the molecule is O=C(NCCCn1ccnc1)c1cc2nc(-c3ccccc3)cc(-c3cccc(O)c3)n2n1. The Morgan fingerprint density at radius 2 is 1.85 bits per heavy atom. The van der Waals surface area contributed by atoms with Crippen molar-refractivity contribution in [2.45, 2.75) is 13.0 Å². The molecule has 0 aliphatic heterocycles. The Kier molecular flexibility index (Phi) is 5.55. The number of imidazole rings is 1. The lowest BCUT2D eigenvalue weighted by molar-refractivity contribution is 0.0947. The number of aromatic hydroxyl groups is 1. The van der Waals surface area contributed by atoms with Crippen molar-refractivity contribution in [2.75, 3.05) is 6.54 Å². The molecule has 2 aromatic carbocycles. The van der Waals surface area contributed by atoms with Crippen LogP contribution in [0.1, 0.15) is 16.9 Å². The number of phenolic OH excluding ortho intramolecular Hbond substituents is 1. The molecule has 0 saturated heterocycles. The van der Waals surface area contributed by atoms with E-state index < -0.39 is 0 Å². The summed E-state index contributed by atoms with van der Waals surface area (Å²) in [6, 6.07) is 20.4. The van der Waals surface area contributed by atoms with E-state index in [1.165, 1.54) is 0 Å². The average molecular weight is 438 g/mol. The Morgan fingerprint density at radius 1 is 1.00 bits per heavy atom. The van der Waals surface area contributed by atoms with Crippen molar-refractivity contribution in [3.8, 4) is 28.3 Å². The number of amides is 1. The first-order valence-electron chi connectivity index (χ1n) is 10.7. The molecule has 0 saturated carbocycles. The summed E-state index contributed by atoms with van der Waals surface area (Å²) in [7, 11) is 0. The van der Waals surface area contributed by atoms with Crippen LogP contribution in [0.5, 0.6) is 5.75 Å². The van der Waals surface area contributed by atoms with Crippen molar-refractivity contribution in [2.24, 2.45) is 0 Å². The third-order valence-electron chi connectivity index (χ3n) is 5.31. The molecule has 5 aromatic rings. The number of aryl methyl sites for hydroxylation is 1. The summed E-state index contributed by atoms with van der Waals surface area (Å²) in [6.45, 7) is 1.29. The lowest BCUT2D eigenvalue weighted by Gasteiger charge is -2.09. The summed E-state index contributed by atoms with van der Waals surface area (Å²) in [5, 5.41) is 17.4. The van der Waals surface area contributed by atoms with Crippen LogP contribution in [-0.4, -0.2) is 41.7 Å². The van der Waals surface area contributed by atoms with Crippen LogP contribution >= 0.6 is 0 Å². The van der Waals surface area contributed by atoms with Crippen LogP contribution in [0, 0.1) is 0 Å². The van der Waals surface area contributed by atoms with Crippen molar-refractivity contribution >= 4 is 11.6 Å². The van der Waals surface area contributed by atoms with Crippen LogP contribution in [0.4, 0.5) is 0 Å². The second-order valence-corrected chi connectivity index (χ2v) is 7.65. The summed E-state index contributed by atoms with van der Waals surface area (Å²) in [6.07, 6.45) is 6.15. The maximum absolute atomic E-state index is 12.8. The van der Waals surface area contributed by atoms with E-state index in [9.17, 15) is 9.90 Å². The number of aromatic nitrogens is 5. The maximum atomic E-state index is 12.8. The number of carbonyl (C=O) groups excluding carboxylic acids is 1. The first-order chi connectivity index (χ1) is 16.2. The highest BCUT2D eigenvalue weighted by Gasteiger charge is 2.16. The molecule has 0 spiro atoms. The third kappa shape index (κ3) is 4.45. The molecule has 0 aliphatic rings. The van der Waals surface area contributed by atoms with Crippen LogP contribution in [-0.2, 0) is 6.54 Å². The van der Waals surface area contributed by atoms with Crippen LogP contribution in [0.25, 0.3) is 28.2 Å². The van der Waals surface area contributed by atoms with Crippen molar-refractivity contribution in [1.82, 2.24) is 29.5 Å². The Bertz CT molecular complexity index is 1390. The van der Waals surface area contributed by atoms with Gasteiger partial charge in [-0.2, -0.15) is 5.10 Å². The van der Waals surface area contributed by atoms with E-state index in [4.69, 9.17) is 4.98 Å². The van der Waals surface area contributed by atoms with Gasteiger partial charge in [0.15, 0.2) is 11.3 Å². The predicted octanol–water partition coefficient (Wildman–Crippen LogP) is 3.79. The zero-order valence-electron chi connectivity index (χ0n) is 17.8. The summed E-state index contributed by atoms with van der Waals surface area (Å²) in [5.41, 5.74) is 4.06. The van der Waals surface area contributed by atoms with Gasteiger partial charge in [-0.15, -0.1) is 0 Å². The first kappa shape index (κ1) is 20.4. The molecule has 8 heteroatoms. The highest BCUT2D eigenvalue weighted by molar-refractivity contribution is 5.93. The fraction of sp³-hybridized carbons (Fsp3) is 0.120. The lowest BCUT2D eigenvalue weighted by atomic mass is 10.1. The minimum Gasteiger partial charge on any atom is -0.508 e. The minimum atomic E-state index is -0.255. The van der Waals surface area contributed by atoms with E-state index in [0.29, 0.717) is 12.2 Å². The topological polar surface area (TPSA) is 97.3 Å². The van der Waals surface area contributed by atoms with E-state index in [-0.39, 0.29) is 17.4 Å². The van der Waals surface area contributed by atoms with Gasteiger partial charge in [-0.1, -0.05) is 42.5 Å². The molecule has 0 unspecified atom stereocenters. The van der Waals surface area contributed by atoms with Gasteiger partial charge >= 0.3 is 0 Å². The lowest BCUT2D eigenvalue weighted by Crippen LogP contribution is -2.25. The maximum Gasteiger partial charge on any atom is 0.271 e. The van der Waals surface area contributed by atoms with Gasteiger partial charge in [0.2, 0.25) is 0 Å². The molecule has 2 N–H and O–H groups in total. The molecular weight excluding hydrogens is 416 g/mol. The van der Waals surface area contributed by atoms with E-state index in [2.05, 4.69) is 15.4 Å². The fourth-order valence-electron chi connectivity index (χ4n) is 3.69. The average Bonchev–Trinajstić information content (AvgIpc) is 3.51. The van der Waals surface area contributed by atoms with E-state index in [1.54, 1.807) is 41.3 Å². The van der Waals surface area contributed by atoms with E-state index in [0.717, 1.165) is 35.5 Å². The number of phenols is 1. The van der Waals surface area contributed by atoms with Gasteiger partial charge in [-0.05, 0) is 24.6 Å². The van der Waals surface area contributed by atoms with E-state index in [1.807, 2.05) is 53.2 Å². The van der Waals surface area contributed by atoms with E-state index >= 15 is 0 Å². The van der Waals surface area contributed by atoms with Crippen molar-refractivity contribution < 1.29 is 9.90 Å². The molecule has 33 heavy (non-hydrogen) atoms. The highest BCUT2D eigenvalue weighted by Crippen LogP contribution is 2.28. The smallest absolute Gasteiger partial charge is 0.271 e. The van der Waals surface area contributed by atoms with Crippen LogP contribution < -0.4 is 5.32 Å². The van der Waals surface area contributed by atoms with Crippen LogP contribution in [0.3, 0.4) is 0 Å². The molecule has 3 heterocycles. The quantitative estimate of drug-likeness (QED) is 0.377. The molecule has 0 fully saturated rings. The van der Waals surface area contributed by atoms with Gasteiger partial charge in [0.1, 0.15) is 5.75 Å². The molecule has 5 rings (SSSR count). The van der Waals surface area contributed by atoms with Gasteiger partial charge in [-0.3, -0.25) is 4.79 Å². The first-order valence-corrected chi connectivity index (χ1v) is 10.7. The molecule has 3 aromatic heterocycles. The number of benzene rings is 2. The molecule has 0 radical (unpaired) electrons. The summed E-state index contributed by atoms with van der Waals surface area (Å²) in [4.78, 5) is 21.5. The van der Waals surface area contributed by atoms with Gasteiger partial charge in [0.05, 0.1) is 17.7 Å². The standard InChI is InChI=1S/C25H22N6O2/c32-20-9-4-8-19(14-20)23-15-21(18-6-2-1-3-7-18)28-24-16-22(29-31(23)24)25(33)27-10-5-12-30-13-11-26-17-30/h1-4,6-9,11,13-17,32H,5,10,12H2,(H,27,33). The number of hydrogen-bond donors (Lipinski definition) is 2. The number of nitrogens with one attached hydrogen (secondary N) is 1. The second-order valence-electron chi connectivity index (χ2n) is 7.65. The molecule has 1 amide bonds. The third-order valence-corrected chi connectivity index (χ3v) is 5.31. The summed E-state index contributed by atoms with van der Waals surface area (Å²) in [5.74, 6) is -0.101. The Morgan fingerprint density at radius 3 is 2.64 bits per heavy atom. The second kappa shape index (κ2) is 8.96. The molecular formula is C25H22N6O2. The Hall–Kier alpha value is -4.46. The molecule has 0 atom stereocenters. The van der Waals surface area contributed by atoms with Crippen molar-refractivity contribution in [1.29, 1.82) is 0 Å². The number of nitrogens with zero attached hydrogens (tertiary/aromatic N) is 5.